The summed E-state index contributed by atoms with van der Waals surface area (Å²) in [5.74, 6) is 0. The highest BCUT2D eigenvalue weighted by atomic mass is 16.3. The van der Waals surface area contributed by atoms with Crippen molar-refractivity contribution in [2.45, 2.75) is 31.3 Å². The van der Waals surface area contributed by atoms with Gasteiger partial charge in [0.15, 0.2) is 0 Å². The lowest BCUT2D eigenvalue weighted by Gasteiger charge is -2.38. The average Bonchev–Trinajstić information content (AvgIpc) is 2.54. The molecule has 0 radical (unpaired) electrons. The van der Waals surface area contributed by atoms with Gasteiger partial charge in [-0.25, -0.2) is 0 Å². The fourth-order valence-corrected chi connectivity index (χ4v) is 1.66. The molecule has 1 aromatic rings. The van der Waals surface area contributed by atoms with E-state index < -0.39 is 0 Å². The van der Waals surface area contributed by atoms with Crippen LogP contribution in [-0.4, -0.2) is 12.1 Å². The van der Waals surface area contributed by atoms with Crippen LogP contribution in [0.1, 0.15) is 24.8 Å². The summed E-state index contributed by atoms with van der Waals surface area (Å²) in [7, 11) is 0. The quantitative estimate of drug-likeness (QED) is 0.733. The lowest BCUT2D eigenvalue weighted by molar-refractivity contribution is 0.239. The molecule has 1 fully saturated rings. The smallest absolute Gasteiger partial charge is 0.0947 e. The van der Waals surface area contributed by atoms with E-state index in [2.05, 4.69) is 5.32 Å². The first-order valence-electron chi connectivity index (χ1n) is 4.79. The first-order valence-corrected chi connectivity index (χ1v) is 4.79. The van der Waals surface area contributed by atoms with Crippen molar-refractivity contribution in [2.75, 3.05) is 6.54 Å². The van der Waals surface area contributed by atoms with Gasteiger partial charge >= 0.3 is 0 Å². The molecular weight excluding hydrogens is 164 g/mol. The molecule has 0 bridgehead atoms. The maximum absolute atomic E-state index is 6.06. The number of nitrogens with one attached hydrogen (secondary N) is 1. The Labute approximate surface area is 78.3 Å². The molecule has 3 nitrogen and oxygen atoms in total. The largest absolute Gasteiger partial charge is 0.472 e. The summed E-state index contributed by atoms with van der Waals surface area (Å²) in [4.78, 5) is 0. The van der Waals surface area contributed by atoms with Crippen molar-refractivity contribution >= 4 is 0 Å². The lowest BCUT2D eigenvalue weighted by Crippen LogP contribution is -2.53. The molecular formula is C10H16N2O. The van der Waals surface area contributed by atoms with E-state index in [1.54, 1.807) is 12.5 Å². The minimum absolute atomic E-state index is 0.0732. The van der Waals surface area contributed by atoms with Crippen LogP contribution in [0.4, 0.5) is 0 Å². The standard InChI is InChI=1S/C10H16N2O/c11-10(3-1-4-10)8-12-6-9-2-5-13-7-9/h2,5,7,12H,1,3-4,6,8,11H2. The second kappa shape index (κ2) is 3.52. The molecule has 72 valence electrons. The number of hydrogen-bond donors (Lipinski definition) is 2. The third-order valence-corrected chi connectivity index (χ3v) is 2.74. The van der Waals surface area contributed by atoms with Crippen LogP contribution in [0.25, 0.3) is 0 Å². The predicted molar refractivity (Wildman–Crippen MR) is 51.2 cm³/mol. The topological polar surface area (TPSA) is 51.2 Å². The maximum Gasteiger partial charge on any atom is 0.0947 e. The molecule has 1 heterocycles. The SMILES string of the molecule is NC1(CNCc2ccoc2)CCC1. The molecule has 0 amide bonds. The molecule has 0 saturated heterocycles. The van der Waals surface area contributed by atoms with Crippen molar-refractivity contribution in [3.8, 4) is 0 Å². The molecule has 1 aliphatic carbocycles. The number of rotatable bonds is 4. The molecule has 1 aliphatic rings. The average molecular weight is 180 g/mol. The third kappa shape index (κ3) is 2.11. The van der Waals surface area contributed by atoms with E-state index in [-0.39, 0.29) is 5.54 Å². The fourth-order valence-electron chi connectivity index (χ4n) is 1.66. The molecule has 0 aromatic carbocycles. The minimum Gasteiger partial charge on any atom is -0.472 e. The van der Waals surface area contributed by atoms with Gasteiger partial charge in [0.25, 0.3) is 0 Å². The van der Waals surface area contributed by atoms with Crippen LogP contribution in [0.2, 0.25) is 0 Å². The fraction of sp³-hybridized carbons (Fsp3) is 0.600. The summed E-state index contributed by atoms with van der Waals surface area (Å²) >= 11 is 0. The van der Waals surface area contributed by atoms with E-state index in [1.807, 2.05) is 6.07 Å². The van der Waals surface area contributed by atoms with E-state index in [0.717, 1.165) is 25.9 Å². The molecule has 1 aromatic heterocycles. The summed E-state index contributed by atoms with van der Waals surface area (Å²) in [6, 6.07) is 1.97. The summed E-state index contributed by atoms with van der Waals surface area (Å²) in [6.07, 6.45) is 7.05. The highest BCUT2D eigenvalue weighted by Crippen LogP contribution is 2.28. The Balaban J connectivity index is 1.69. The first-order chi connectivity index (χ1) is 6.29. The Hall–Kier alpha value is -0.800. The number of nitrogens with two attached hydrogens (primary N) is 1. The zero-order valence-electron chi connectivity index (χ0n) is 7.75. The van der Waals surface area contributed by atoms with Gasteiger partial charge in [0, 0.05) is 24.2 Å². The Kier molecular flexibility index (Phi) is 2.38. The van der Waals surface area contributed by atoms with Crippen molar-refractivity contribution in [3.63, 3.8) is 0 Å². The monoisotopic (exact) mass is 180 g/mol. The third-order valence-electron chi connectivity index (χ3n) is 2.74. The Morgan fingerprint density at radius 2 is 2.38 bits per heavy atom. The molecule has 0 aliphatic heterocycles. The van der Waals surface area contributed by atoms with Crippen molar-refractivity contribution in [1.82, 2.24) is 5.32 Å². The second-order valence-corrected chi connectivity index (χ2v) is 3.95. The number of hydrogen-bond acceptors (Lipinski definition) is 3. The van der Waals surface area contributed by atoms with Crippen molar-refractivity contribution in [2.24, 2.45) is 5.73 Å². The Morgan fingerprint density at radius 1 is 1.54 bits per heavy atom. The summed E-state index contributed by atoms with van der Waals surface area (Å²) in [5.41, 5.74) is 7.31. The second-order valence-electron chi connectivity index (χ2n) is 3.95. The first kappa shape index (κ1) is 8.78. The van der Waals surface area contributed by atoms with Crippen LogP contribution in [0, 0.1) is 0 Å². The van der Waals surface area contributed by atoms with E-state index in [4.69, 9.17) is 10.2 Å². The molecule has 1 saturated carbocycles. The van der Waals surface area contributed by atoms with E-state index in [1.165, 1.54) is 12.0 Å². The van der Waals surface area contributed by atoms with E-state index in [0.29, 0.717) is 0 Å². The van der Waals surface area contributed by atoms with Crippen molar-refractivity contribution in [3.05, 3.63) is 24.2 Å². The minimum atomic E-state index is 0.0732. The van der Waals surface area contributed by atoms with Crippen molar-refractivity contribution < 1.29 is 4.42 Å². The van der Waals surface area contributed by atoms with Gasteiger partial charge in [-0.3, -0.25) is 0 Å². The van der Waals surface area contributed by atoms with Gasteiger partial charge in [-0.15, -0.1) is 0 Å². The zero-order valence-corrected chi connectivity index (χ0v) is 7.75. The molecule has 2 rings (SSSR count). The molecule has 0 spiro atoms. The Morgan fingerprint density at radius 3 is 2.92 bits per heavy atom. The molecule has 0 unspecified atom stereocenters. The lowest BCUT2D eigenvalue weighted by atomic mass is 9.78. The normalized spacial score (nSPS) is 19.8. The van der Waals surface area contributed by atoms with Crippen LogP contribution >= 0.6 is 0 Å². The van der Waals surface area contributed by atoms with Gasteiger partial charge in [-0.05, 0) is 25.3 Å². The highest BCUT2D eigenvalue weighted by molar-refractivity contribution is 5.05. The van der Waals surface area contributed by atoms with Gasteiger partial charge in [0.1, 0.15) is 0 Å². The van der Waals surface area contributed by atoms with Gasteiger partial charge in [0.2, 0.25) is 0 Å². The molecule has 13 heavy (non-hydrogen) atoms. The summed E-state index contributed by atoms with van der Waals surface area (Å²) < 4.78 is 4.97. The summed E-state index contributed by atoms with van der Waals surface area (Å²) in [5, 5.41) is 3.35. The Bertz CT molecular complexity index is 252. The molecule has 0 atom stereocenters. The van der Waals surface area contributed by atoms with Crippen LogP contribution < -0.4 is 11.1 Å². The van der Waals surface area contributed by atoms with Crippen LogP contribution in [0.15, 0.2) is 23.0 Å². The van der Waals surface area contributed by atoms with E-state index >= 15 is 0 Å². The maximum atomic E-state index is 6.06. The van der Waals surface area contributed by atoms with Gasteiger partial charge < -0.3 is 15.5 Å². The van der Waals surface area contributed by atoms with Crippen LogP contribution in [0.5, 0.6) is 0 Å². The van der Waals surface area contributed by atoms with E-state index in [9.17, 15) is 0 Å². The highest BCUT2D eigenvalue weighted by Gasteiger charge is 2.31. The van der Waals surface area contributed by atoms with Crippen LogP contribution in [0.3, 0.4) is 0 Å². The summed E-state index contributed by atoms with van der Waals surface area (Å²) in [6.45, 7) is 1.77. The molecule has 3 heteroatoms. The van der Waals surface area contributed by atoms with Gasteiger partial charge in [-0.2, -0.15) is 0 Å². The van der Waals surface area contributed by atoms with Gasteiger partial charge in [0.05, 0.1) is 12.5 Å². The van der Waals surface area contributed by atoms with Gasteiger partial charge in [-0.1, -0.05) is 0 Å². The van der Waals surface area contributed by atoms with Crippen LogP contribution in [-0.2, 0) is 6.54 Å². The predicted octanol–water partition coefficient (Wildman–Crippen LogP) is 1.25. The zero-order chi connectivity index (χ0) is 9.15. The van der Waals surface area contributed by atoms with Crippen molar-refractivity contribution in [1.29, 1.82) is 0 Å². The number of furan rings is 1. The molecule has 3 N–H and O–H groups in total.